The van der Waals surface area contributed by atoms with Crippen LogP contribution in [-0.4, -0.2) is 55.8 Å². The van der Waals surface area contributed by atoms with E-state index in [9.17, 15) is 4.79 Å². The van der Waals surface area contributed by atoms with Crippen LogP contribution in [0.25, 0.3) is 5.70 Å². The van der Waals surface area contributed by atoms with Gasteiger partial charge in [0, 0.05) is 50.5 Å². The molecule has 0 spiro atoms. The van der Waals surface area contributed by atoms with Crippen LogP contribution in [0.3, 0.4) is 0 Å². The van der Waals surface area contributed by atoms with Crippen molar-refractivity contribution in [3.05, 3.63) is 106 Å². The van der Waals surface area contributed by atoms with Crippen LogP contribution in [0.4, 0.5) is 0 Å². The molecule has 3 aliphatic rings. The second kappa shape index (κ2) is 11.3. The average molecular weight is 521 g/mol. The second-order valence-electron chi connectivity index (χ2n) is 11.0. The van der Waals surface area contributed by atoms with E-state index in [-0.39, 0.29) is 11.7 Å². The molecule has 5 heteroatoms. The van der Waals surface area contributed by atoms with Crippen LogP contribution >= 0.6 is 0 Å². The molecule has 1 unspecified atom stereocenters. The van der Waals surface area contributed by atoms with Crippen molar-refractivity contribution in [3.63, 3.8) is 0 Å². The van der Waals surface area contributed by atoms with Crippen molar-refractivity contribution in [2.45, 2.75) is 39.0 Å². The fourth-order valence-electron chi connectivity index (χ4n) is 5.76. The highest BCUT2D eigenvalue weighted by Crippen LogP contribution is 2.41. The molecular formula is C34H36N2O3. The lowest BCUT2D eigenvalue weighted by Gasteiger charge is -2.26. The molecule has 200 valence electrons. The number of carbonyl (C=O) groups excluding carboxylic acids is 1. The lowest BCUT2D eigenvalue weighted by molar-refractivity contribution is -0.117. The van der Waals surface area contributed by atoms with E-state index in [0.717, 1.165) is 67.4 Å². The minimum Gasteiger partial charge on any atom is -0.492 e. The van der Waals surface area contributed by atoms with Crippen LogP contribution in [0.15, 0.2) is 71.7 Å². The molecule has 5 nitrogen and oxygen atoms in total. The number of aryl methyl sites for hydroxylation is 2. The van der Waals surface area contributed by atoms with Crippen molar-refractivity contribution in [2.24, 2.45) is 4.99 Å². The Morgan fingerprint density at radius 1 is 0.949 bits per heavy atom. The second-order valence-corrected chi connectivity index (χ2v) is 11.0. The number of fused-ring (bicyclic) bond motifs is 3. The van der Waals surface area contributed by atoms with E-state index < -0.39 is 0 Å². The van der Waals surface area contributed by atoms with Gasteiger partial charge in [0.2, 0.25) is 0 Å². The van der Waals surface area contributed by atoms with Gasteiger partial charge in [-0.3, -0.25) is 14.7 Å². The number of carbonyl (C=O) groups is 1. The lowest BCUT2D eigenvalue weighted by atomic mass is 9.98. The highest BCUT2D eigenvalue weighted by molar-refractivity contribution is 6.05. The van der Waals surface area contributed by atoms with E-state index in [1.165, 1.54) is 28.0 Å². The van der Waals surface area contributed by atoms with Crippen LogP contribution in [0.5, 0.6) is 5.75 Å². The summed E-state index contributed by atoms with van der Waals surface area (Å²) < 4.78 is 11.5. The highest BCUT2D eigenvalue weighted by atomic mass is 16.5. The fourth-order valence-corrected chi connectivity index (χ4v) is 5.76. The Balaban J connectivity index is 1.05. The summed E-state index contributed by atoms with van der Waals surface area (Å²) in [5, 5.41) is 0. The predicted octanol–water partition coefficient (Wildman–Crippen LogP) is 5.50. The predicted molar refractivity (Wildman–Crippen MR) is 156 cm³/mol. The van der Waals surface area contributed by atoms with Gasteiger partial charge in [-0.25, -0.2) is 0 Å². The Labute approximate surface area is 231 Å². The molecule has 0 amide bonds. The largest absolute Gasteiger partial charge is 0.492 e. The number of rotatable bonds is 9. The van der Waals surface area contributed by atoms with Crippen molar-refractivity contribution in [3.8, 4) is 5.75 Å². The fraction of sp³-hybridized carbons (Fsp3) is 0.353. The first kappa shape index (κ1) is 25.7. The molecule has 0 saturated carbocycles. The zero-order chi connectivity index (χ0) is 26.8. The van der Waals surface area contributed by atoms with Crippen molar-refractivity contribution in [1.82, 2.24) is 4.90 Å². The number of hydrogen-bond acceptors (Lipinski definition) is 5. The molecule has 1 aliphatic carbocycles. The van der Waals surface area contributed by atoms with E-state index in [0.29, 0.717) is 19.4 Å². The van der Waals surface area contributed by atoms with E-state index in [2.05, 4.69) is 85.5 Å². The zero-order valence-electron chi connectivity index (χ0n) is 22.9. The number of hydrogen-bond donors (Lipinski definition) is 0. The van der Waals surface area contributed by atoms with E-state index in [1.54, 1.807) is 0 Å². The molecule has 2 heterocycles. The maximum atomic E-state index is 12.7. The number of allylic oxidation sites excluding steroid dienone is 1. The Hall–Kier alpha value is -3.54. The minimum atomic E-state index is 0.238. The summed E-state index contributed by atoms with van der Waals surface area (Å²) in [5.41, 5.74) is 10.6. The normalized spacial score (nSPS) is 18.4. The molecule has 3 aromatic carbocycles. The maximum absolute atomic E-state index is 12.7. The third-order valence-electron chi connectivity index (χ3n) is 8.17. The summed E-state index contributed by atoms with van der Waals surface area (Å²) in [4.78, 5) is 20.1. The van der Waals surface area contributed by atoms with Crippen LogP contribution in [-0.2, 0) is 28.8 Å². The number of Topliss-reactive ketones (excluding diaryl/α,β-unsaturated/α-hetero) is 1. The van der Waals surface area contributed by atoms with Gasteiger partial charge in [0.15, 0.2) is 0 Å². The first-order chi connectivity index (χ1) is 19.0. The molecule has 39 heavy (non-hydrogen) atoms. The first-order valence-electron chi connectivity index (χ1n) is 14.0. The molecule has 3 aromatic rings. The van der Waals surface area contributed by atoms with Crippen LogP contribution in [0.1, 0.15) is 44.9 Å². The number of aliphatic imine (C=N–C) groups is 1. The van der Waals surface area contributed by atoms with Crippen molar-refractivity contribution in [2.75, 3.05) is 39.5 Å². The lowest BCUT2D eigenvalue weighted by Crippen LogP contribution is -2.38. The minimum absolute atomic E-state index is 0.238. The Bertz CT molecular complexity index is 1430. The smallest absolute Gasteiger partial charge is 0.141 e. The molecule has 2 aliphatic heterocycles. The van der Waals surface area contributed by atoms with Gasteiger partial charge >= 0.3 is 0 Å². The van der Waals surface area contributed by atoms with Crippen LogP contribution < -0.4 is 4.74 Å². The van der Waals surface area contributed by atoms with E-state index in [4.69, 9.17) is 14.5 Å². The molecular weight excluding hydrogens is 484 g/mol. The summed E-state index contributed by atoms with van der Waals surface area (Å²) in [6.45, 7) is 9.42. The van der Waals surface area contributed by atoms with E-state index in [1.807, 2.05) is 0 Å². The topological polar surface area (TPSA) is 51.1 Å². The van der Waals surface area contributed by atoms with Crippen molar-refractivity contribution in [1.29, 1.82) is 0 Å². The number of ether oxygens (including phenoxy) is 2. The summed E-state index contributed by atoms with van der Waals surface area (Å²) in [6, 6.07) is 21.1. The van der Waals surface area contributed by atoms with Gasteiger partial charge < -0.3 is 9.47 Å². The van der Waals surface area contributed by atoms with Gasteiger partial charge in [-0.1, -0.05) is 48.5 Å². The van der Waals surface area contributed by atoms with Gasteiger partial charge in [0.05, 0.1) is 18.9 Å². The maximum Gasteiger partial charge on any atom is 0.141 e. The molecule has 0 bridgehead atoms. The Kier molecular flexibility index (Phi) is 7.45. The third-order valence-corrected chi connectivity index (χ3v) is 8.17. The Morgan fingerprint density at radius 2 is 1.72 bits per heavy atom. The molecule has 1 saturated heterocycles. The van der Waals surface area contributed by atoms with Gasteiger partial charge in [-0.15, -0.1) is 0 Å². The van der Waals surface area contributed by atoms with Crippen molar-refractivity contribution < 1.29 is 14.3 Å². The van der Waals surface area contributed by atoms with Crippen LogP contribution in [0.2, 0.25) is 0 Å². The summed E-state index contributed by atoms with van der Waals surface area (Å²) in [5.74, 6) is 1.42. The van der Waals surface area contributed by atoms with Crippen LogP contribution in [0, 0.1) is 13.8 Å². The molecule has 6 rings (SSSR count). The van der Waals surface area contributed by atoms with E-state index >= 15 is 0 Å². The number of nitrogens with zero attached hydrogens (tertiary/aromatic N) is 2. The highest BCUT2D eigenvalue weighted by Gasteiger charge is 2.32. The molecule has 1 atom stereocenters. The van der Waals surface area contributed by atoms with Gasteiger partial charge in [-0.05, 0) is 71.0 Å². The Morgan fingerprint density at radius 3 is 2.51 bits per heavy atom. The molecule has 1 fully saturated rings. The number of morpholine rings is 1. The molecule has 0 aromatic heterocycles. The monoisotopic (exact) mass is 520 g/mol. The summed E-state index contributed by atoms with van der Waals surface area (Å²) in [6.07, 6.45) is 4.07. The van der Waals surface area contributed by atoms with Gasteiger partial charge in [-0.2, -0.15) is 0 Å². The zero-order valence-corrected chi connectivity index (χ0v) is 22.9. The average Bonchev–Trinajstić information content (AvgIpc) is 3.50. The molecule has 0 N–H and O–H groups in total. The number of ketones is 1. The summed E-state index contributed by atoms with van der Waals surface area (Å²) in [7, 11) is 0. The standard InChI is InChI=1S/C34H36N2O3/c1-23-3-4-26(17-24(23)2)19-29(37)18-25-5-7-27(8-6-25)33-22-32-31-10-9-30(20-28(31)21-34(32)35-33)39-16-13-36-11-14-38-15-12-36/h3-10,17,20,22,32H,11-16,18-19,21H2,1-2H3. The van der Waals surface area contributed by atoms with Crippen molar-refractivity contribution >= 4 is 17.2 Å². The van der Waals surface area contributed by atoms with Gasteiger partial charge in [0.1, 0.15) is 18.1 Å². The molecule has 0 radical (unpaired) electrons. The third kappa shape index (κ3) is 5.90. The quantitative estimate of drug-likeness (QED) is 0.374. The van der Waals surface area contributed by atoms with Gasteiger partial charge in [0.25, 0.3) is 0 Å². The number of benzene rings is 3. The summed E-state index contributed by atoms with van der Waals surface area (Å²) >= 11 is 0. The SMILES string of the molecule is Cc1ccc(CC(=O)Cc2ccc(C3=CC4C(=N3)Cc3cc(OCCN5CCOCC5)ccc34)cc2)cc1C. The first-order valence-corrected chi connectivity index (χ1v) is 14.0.